The van der Waals surface area contributed by atoms with Gasteiger partial charge in [0.05, 0.1) is 0 Å². The molecule has 6 heteroatoms. The summed E-state index contributed by atoms with van der Waals surface area (Å²) in [6.45, 7) is 11.4. The van der Waals surface area contributed by atoms with Crippen LogP contribution in [0.1, 0.15) is 285 Å². The maximum absolute atomic E-state index is 12.7. The molecule has 0 bridgehead atoms. The molecule has 0 rings (SSSR count). The van der Waals surface area contributed by atoms with Crippen molar-refractivity contribution >= 4 is 17.9 Å². The molecule has 0 fully saturated rings. The summed E-state index contributed by atoms with van der Waals surface area (Å²) in [5.74, 6) is 0.858. The fourth-order valence-electron chi connectivity index (χ4n) is 7.75. The highest BCUT2D eigenvalue weighted by Gasteiger charge is 2.19. The molecular weight excluding hydrogens is 721 g/mol. The van der Waals surface area contributed by atoms with Crippen LogP contribution in [0, 0.1) is 11.8 Å². The van der Waals surface area contributed by atoms with Crippen molar-refractivity contribution in [2.75, 3.05) is 13.2 Å². The van der Waals surface area contributed by atoms with E-state index in [0.717, 1.165) is 69.6 Å². The first kappa shape index (κ1) is 56.4. The SMILES string of the molecule is CCCCCCCCCCCCCCC(=O)O[C@H](COC(=O)CCCCCCCCCCCCCCCCC(C)CC)COC(=O)CCCCCCCCC(C)CC. The van der Waals surface area contributed by atoms with E-state index in [4.69, 9.17) is 14.2 Å². The Labute approximate surface area is 361 Å². The molecule has 0 saturated carbocycles. The second-order valence-corrected chi connectivity index (χ2v) is 18.3. The van der Waals surface area contributed by atoms with Crippen LogP contribution in [0.4, 0.5) is 0 Å². The molecule has 0 aromatic carbocycles. The van der Waals surface area contributed by atoms with Crippen LogP contribution in [-0.2, 0) is 28.6 Å². The van der Waals surface area contributed by atoms with Crippen molar-refractivity contribution in [2.24, 2.45) is 11.8 Å². The fraction of sp³-hybridized carbons (Fsp3) is 0.942. The fourth-order valence-corrected chi connectivity index (χ4v) is 7.75. The van der Waals surface area contributed by atoms with Crippen LogP contribution in [0.2, 0.25) is 0 Å². The molecule has 58 heavy (non-hydrogen) atoms. The molecule has 0 spiro atoms. The van der Waals surface area contributed by atoms with Gasteiger partial charge in [-0.1, -0.05) is 247 Å². The standard InChI is InChI=1S/C52H100O6/c1-6-9-10-11-12-13-14-20-24-27-34-39-44-52(55)58-49(46-57-51(54)43-38-33-29-28-31-36-41-48(5)8-3)45-56-50(53)42-37-32-26-23-21-18-16-15-17-19-22-25-30-35-40-47(4)7-2/h47-49H,6-46H2,1-5H3/t47?,48?,49-/m1/s1. The number of rotatable bonds is 46. The van der Waals surface area contributed by atoms with E-state index in [9.17, 15) is 14.4 Å². The maximum Gasteiger partial charge on any atom is 0.306 e. The van der Waals surface area contributed by atoms with E-state index in [-0.39, 0.29) is 31.1 Å². The largest absolute Gasteiger partial charge is 0.462 e. The van der Waals surface area contributed by atoms with Crippen LogP contribution in [0.3, 0.4) is 0 Å². The third kappa shape index (κ3) is 42.5. The Hall–Kier alpha value is -1.59. The van der Waals surface area contributed by atoms with Gasteiger partial charge in [0, 0.05) is 19.3 Å². The highest BCUT2D eigenvalue weighted by atomic mass is 16.6. The van der Waals surface area contributed by atoms with Gasteiger partial charge in [-0.15, -0.1) is 0 Å². The normalized spacial score (nSPS) is 13.0. The van der Waals surface area contributed by atoms with Gasteiger partial charge in [-0.2, -0.15) is 0 Å². The summed E-state index contributed by atoms with van der Waals surface area (Å²) in [7, 11) is 0. The van der Waals surface area contributed by atoms with Gasteiger partial charge >= 0.3 is 17.9 Å². The molecule has 0 amide bonds. The summed E-state index contributed by atoms with van der Waals surface area (Å²) in [5, 5.41) is 0. The van der Waals surface area contributed by atoms with Gasteiger partial charge in [0.15, 0.2) is 6.10 Å². The Morgan fingerprint density at radius 2 is 0.603 bits per heavy atom. The van der Waals surface area contributed by atoms with Crippen LogP contribution < -0.4 is 0 Å². The van der Waals surface area contributed by atoms with Crippen LogP contribution in [-0.4, -0.2) is 37.2 Å². The molecule has 3 atom stereocenters. The number of carbonyl (C=O) groups is 3. The minimum atomic E-state index is -0.761. The Morgan fingerprint density at radius 1 is 0.345 bits per heavy atom. The smallest absolute Gasteiger partial charge is 0.306 e. The average Bonchev–Trinajstić information content (AvgIpc) is 3.22. The van der Waals surface area contributed by atoms with Crippen LogP contribution in [0.15, 0.2) is 0 Å². The van der Waals surface area contributed by atoms with Gasteiger partial charge in [-0.25, -0.2) is 0 Å². The molecule has 0 saturated heterocycles. The van der Waals surface area contributed by atoms with Gasteiger partial charge < -0.3 is 14.2 Å². The Bertz CT molecular complexity index is 889. The lowest BCUT2D eigenvalue weighted by Crippen LogP contribution is -2.30. The van der Waals surface area contributed by atoms with Crippen LogP contribution >= 0.6 is 0 Å². The lowest BCUT2D eigenvalue weighted by Gasteiger charge is -2.18. The number of ether oxygens (including phenoxy) is 3. The number of unbranched alkanes of at least 4 members (excludes halogenated alkanes) is 29. The average molecular weight is 821 g/mol. The zero-order valence-corrected chi connectivity index (χ0v) is 39.7. The second-order valence-electron chi connectivity index (χ2n) is 18.3. The molecule has 0 aliphatic heterocycles. The third-order valence-corrected chi connectivity index (χ3v) is 12.4. The van der Waals surface area contributed by atoms with Crippen molar-refractivity contribution < 1.29 is 28.6 Å². The lowest BCUT2D eigenvalue weighted by atomic mass is 9.99. The van der Waals surface area contributed by atoms with E-state index in [0.29, 0.717) is 19.3 Å². The zero-order valence-electron chi connectivity index (χ0n) is 39.7. The van der Waals surface area contributed by atoms with Gasteiger partial charge in [-0.05, 0) is 31.1 Å². The van der Waals surface area contributed by atoms with Crippen molar-refractivity contribution in [3.05, 3.63) is 0 Å². The highest BCUT2D eigenvalue weighted by molar-refractivity contribution is 5.71. The van der Waals surface area contributed by atoms with Crippen molar-refractivity contribution in [1.29, 1.82) is 0 Å². The maximum atomic E-state index is 12.7. The quantitative estimate of drug-likeness (QED) is 0.0346. The summed E-state index contributed by atoms with van der Waals surface area (Å²) in [5.41, 5.74) is 0. The molecule has 0 aromatic rings. The molecular formula is C52H100O6. The monoisotopic (exact) mass is 821 g/mol. The van der Waals surface area contributed by atoms with Crippen molar-refractivity contribution in [3.63, 3.8) is 0 Å². The topological polar surface area (TPSA) is 78.9 Å². The Morgan fingerprint density at radius 3 is 0.897 bits per heavy atom. The number of hydrogen-bond donors (Lipinski definition) is 0. The molecule has 344 valence electrons. The Balaban J connectivity index is 4.27. The summed E-state index contributed by atoms with van der Waals surface area (Å²) in [6, 6.07) is 0. The number of hydrogen-bond acceptors (Lipinski definition) is 6. The first-order valence-corrected chi connectivity index (χ1v) is 25.8. The first-order chi connectivity index (χ1) is 28.3. The molecule has 6 nitrogen and oxygen atoms in total. The predicted octanol–water partition coefficient (Wildman–Crippen LogP) is 16.5. The van der Waals surface area contributed by atoms with E-state index in [1.165, 1.54) is 173 Å². The minimum Gasteiger partial charge on any atom is -0.462 e. The van der Waals surface area contributed by atoms with Crippen molar-refractivity contribution in [1.82, 2.24) is 0 Å². The Kier molecular flexibility index (Phi) is 43.7. The number of carbonyl (C=O) groups excluding carboxylic acids is 3. The molecule has 0 radical (unpaired) electrons. The summed E-state index contributed by atoms with van der Waals surface area (Å²) >= 11 is 0. The van der Waals surface area contributed by atoms with Crippen molar-refractivity contribution in [3.8, 4) is 0 Å². The minimum absolute atomic E-state index is 0.0643. The van der Waals surface area contributed by atoms with E-state index in [2.05, 4.69) is 34.6 Å². The summed E-state index contributed by atoms with van der Waals surface area (Å²) < 4.78 is 16.8. The van der Waals surface area contributed by atoms with E-state index >= 15 is 0 Å². The van der Waals surface area contributed by atoms with Crippen LogP contribution in [0.25, 0.3) is 0 Å². The van der Waals surface area contributed by atoms with Gasteiger partial charge in [0.25, 0.3) is 0 Å². The lowest BCUT2D eigenvalue weighted by molar-refractivity contribution is -0.167. The van der Waals surface area contributed by atoms with E-state index < -0.39 is 6.10 Å². The van der Waals surface area contributed by atoms with E-state index in [1.54, 1.807) is 0 Å². The molecule has 0 aliphatic carbocycles. The van der Waals surface area contributed by atoms with Gasteiger partial charge in [0.2, 0.25) is 0 Å². The molecule has 0 aliphatic rings. The zero-order chi connectivity index (χ0) is 42.6. The predicted molar refractivity (Wildman–Crippen MR) is 247 cm³/mol. The van der Waals surface area contributed by atoms with Crippen molar-refractivity contribution in [2.45, 2.75) is 291 Å². The number of esters is 3. The highest BCUT2D eigenvalue weighted by Crippen LogP contribution is 2.18. The third-order valence-electron chi connectivity index (χ3n) is 12.4. The van der Waals surface area contributed by atoms with Gasteiger partial charge in [0.1, 0.15) is 13.2 Å². The molecule has 0 N–H and O–H groups in total. The van der Waals surface area contributed by atoms with Gasteiger partial charge in [-0.3, -0.25) is 14.4 Å². The second kappa shape index (κ2) is 44.9. The summed E-state index contributed by atoms with van der Waals surface area (Å²) in [4.78, 5) is 37.9. The summed E-state index contributed by atoms with van der Waals surface area (Å²) in [6.07, 6.45) is 45.1. The van der Waals surface area contributed by atoms with Crippen LogP contribution in [0.5, 0.6) is 0 Å². The van der Waals surface area contributed by atoms with E-state index in [1.807, 2.05) is 0 Å². The molecule has 2 unspecified atom stereocenters. The first-order valence-electron chi connectivity index (χ1n) is 25.8. The molecule has 0 aromatic heterocycles. The molecule has 0 heterocycles.